The fourth-order valence-corrected chi connectivity index (χ4v) is 4.13. The van der Waals surface area contributed by atoms with Crippen molar-refractivity contribution in [2.24, 2.45) is 0 Å². The van der Waals surface area contributed by atoms with Crippen LogP contribution in [0.2, 0.25) is 5.02 Å². The van der Waals surface area contributed by atoms with Gasteiger partial charge in [0.2, 0.25) is 10.0 Å². The molecule has 21 heavy (non-hydrogen) atoms. The van der Waals surface area contributed by atoms with Gasteiger partial charge in [-0.2, -0.15) is 0 Å². The Bertz CT molecular complexity index is 588. The first kappa shape index (κ1) is 18.4. The van der Waals surface area contributed by atoms with E-state index in [1.54, 1.807) is 13.0 Å². The number of halogens is 1. The summed E-state index contributed by atoms with van der Waals surface area (Å²) < 4.78 is 27.8. The van der Waals surface area contributed by atoms with Crippen LogP contribution in [-0.4, -0.2) is 47.0 Å². The van der Waals surface area contributed by atoms with Crippen LogP contribution in [-0.2, 0) is 16.6 Å². The molecule has 7 heteroatoms. The van der Waals surface area contributed by atoms with E-state index in [0.29, 0.717) is 18.1 Å². The zero-order chi connectivity index (χ0) is 16.2. The molecule has 2 N–H and O–H groups in total. The van der Waals surface area contributed by atoms with Gasteiger partial charge in [0.15, 0.2) is 0 Å². The second-order valence-electron chi connectivity index (χ2n) is 5.50. The maximum Gasteiger partial charge on any atom is 0.241 e. The summed E-state index contributed by atoms with van der Waals surface area (Å²) in [6.07, 6.45) is 0. The monoisotopic (exact) mass is 333 g/mol. The lowest BCUT2D eigenvalue weighted by atomic mass is 10.1. The minimum absolute atomic E-state index is 0.184. The van der Waals surface area contributed by atoms with Crippen molar-refractivity contribution in [3.05, 3.63) is 28.3 Å². The van der Waals surface area contributed by atoms with Crippen LogP contribution in [0.5, 0.6) is 0 Å². The lowest BCUT2D eigenvalue weighted by Crippen LogP contribution is -2.39. The average molecular weight is 334 g/mol. The Balaban J connectivity index is 3.13. The highest BCUT2D eigenvalue weighted by Crippen LogP contribution is 2.24. The topological polar surface area (TPSA) is 61.4 Å². The molecule has 1 aromatic carbocycles. The summed E-state index contributed by atoms with van der Waals surface area (Å²) in [6, 6.07) is 3.10. The van der Waals surface area contributed by atoms with E-state index in [0.717, 1.165) is 11.1 Å². The average Bonchev–Trinajstić information content (AvgIpc) is 2.31. The van der Waals surface area contributed by atoms with Crippen molar-refractivity contribution in [3.8, 4) is 0 Å². The molecule has 0 saturated carbocycles. The zero-order valence-corrected chi connectivity index (χ0v) is 14.8. The fraction of sp³-hybridized carbons (Fsp3) is 0.571. The van der Waals surface area contributed by atoms with Crippen molar-refractivity contribution < 1.29 is 8.42 Å². The molecule has 0 aromatic heterocycles. The number of nitrogens with zero attached hydrogens (tertiary/aromatic N) is 1. The van der Waals surface area contributed by atoms with Gasteiger partial charge in [-0.15, -0.1) is 0 Å². The van der Waals surface area contributed by atoms with Gasteiger partial charge in [0.05, 0.1) is 4.90 Å². The largest absolute Gasteiger partial charge is 0.316 e. The number of nitrogens with one attached hydrogen (secondary N) is 2. The van der Waals surface area contributed by atoms with Crippen LogP contribution >= 0.6 is 11.6 Å². The molecule has 0 fully saturated rings. The highest BCUT2D eigenvalue weighted by atomic mass is 35.5. The van der Waals surface area contributed by atoms with E-state index >= 15 is 0 Å². The first-order valence-corrected chi connectivity index (χ1v) is 8.64. The number of rotatable bonds is 7. The van der Waals surface area contributed by atoms with Crippen LogP contribution in [0.25, 0.3) is 0 Å². The van der Waals surface area contributed by atoms with Gasteiger partial charge in [-0.3, -0.25) is 0 Å². The molecule has 1 rings (SSSR count). The molecule has 120 valence electrons. The molecule has 0 heterocycles. The van der Waals surface area contributed by atoms with Crippen LogP contribution in [0.1, 0.15) is 18.1 Å². The number of benzene rings is 1. The van der Waals surface area contributed by atoms with Gasteiger partial charge in [0.1, 0.15) is 0 Å². The number of hydrogen-bond acceptors (Lipinski definition) is 4. The van der Waals surface area contributed by atoms with Crippen molar-refractivity contribution in [1.29, 1.82) is 0 Å². The predicted octanol–water partition coefficient (Wildman–Crippen LogP) is 1.60. The minimum Gasteiger partial charge on any atom is -0.316 e. The summed E-state index contributed by atoms with van der Waals surface area (Å²) in [4.78, 5) is 2.18. The lowest BCUT2D eigenvalue weighted by Gasteiger charge is -2.20. The van der Waals surface area contributed by atoms with Crippen LogP contribution in [0.3, 0.4) is 0 Å². The Kier molecular flexibility index (Phi) is 6.62. The Hall–Kier alpha value is -0.660. The molecular formula is C14H24ClN3O2S. The normalized spacial score (nSPS) is 13.7. The molecule has 0 amide bonds. The maximum atomic E-state index is 12.5. The molecule has 1 atom stereocenters. The fourth-order valence-electron chi connectivity index (χ4n) is 2.27. The van der Waals surface area contributed by atoms with E-state index in [4.69, 9.17) is 11.6 Å². The quantitative estimate of drug-likeness (QED) is 0.795. The van der Waals surface area contributed by atoms with Crippen molar-refractivity contribution >= 4 is 21.6 Å². The summed E-state index contributed by atoms with van der Waals surface area (Å²) in [5.41, 5.74) is 1.60. The van der Waals surface area contributed by atoms with Crippen molar-refractivity contribution in [2.45, 2.75) is 31.3 Å². The van der Waals surface area contributed by atoms with Gasteiger partial charge in [-0.1, -0.05) is 11.6 Å². The molecule has 0 bridgehead atoms. The van der Waals surface area contributed by atoms with Gasteiger partial charge < -0.3 is 10.2 Å². The minimum atomic E-state index is -3.59. The summed E-state index contributed by atoms with van der Waals surface area (Å²) in [6.45, 7) is 4.84. The van der Waals surface area contributed by atoms with Gasteiger partial charge >= 0.3 is 0 Å². The Morgan fingerprint density at radius 2 is 1.95 bits per heavy atom. The van der Waals surface area contributed by atoms with Crippen molar-refractivity contribution in [1.82, 2.24) is 14.9 Å². The van der Waals surface area contributed by atoms with Gasteiger partial charge in [0, 0.05) is 24.2 Å². The van der Waals surface area contributed by atoms with Gasteiger partial charge in [0.25, 0.3) is 0 Å². The molecule has 0 aliphatic carbocycles. The maximum absolute atomic E-state index is 12.5. The smallest absolute Gasteiger partial charge is 0.241 e. The third-order valence-electron chi connectivity index (χ3n) is 3.08. The predicted molar refractivity (Wildman–Crippen MR) is 87.3 cm³/mol. The van der Waals surface area contributed by atoms with Crippen LogP contribution in [0, 0.1) is 6.92 Å². The Morgan fingerprint density at radius 1 is 1.33 bits per heavy atom. The third-order valence-corrected chi connectivity index (χ3v) is 5.02. The van der Waals surface area contributed by atoms with Crippen molar-refractivity contribution in [3.63, 3.8) is 0 Å². The highest BCUT2D eigenvalue weighted by Gasteiger charge is 2.22. The second-order valence-corrected chi connectivity index (χ2v) is 7.62. The van der Waals surface area contributed by atoms with Crippen LogP contribution < -0.4 is 10.0 Å². The lowest BCUT2D eigenvalue weighted by molar-refractivity contribution is 0.370. The molecule has 0 spiro atoms. The van der Waals surface area contributed by atoms with E-state index in [2.05, 4.69) is 10.0 Å². The summed E-state index contributed by atoms with van der Waals surface area (Å²) in [5.74, 6) is 0. The Morgan fingerprint density at radius 3 is 2.48 bits per heavy atom. The second kappa shape index (κ2) is 7.56. The molecule has 1 aromatic rings. The number of sulfonamides is 1. The molecule has 0 aliphatic rings. The summed E-state index contributed by atoms with van der Waals surface area (Å²) >= 11 is 6.06. The first-order chi connectivity index (χ1) is 9.67. The molecule has 0 radical (unpaired) electrons. The standard InChI is InChI=1S/C14H24ClN3O2S/c1-10(9-18(4)5)17-21(19,20)14-7-13(15)6-12(8-16-3)11(14)2/h6-7,10,16-17H,8-9H2,1-5H3. The van der Waals surface area contributed by atoms with Crippen LogP contribution in [0.15, 0.2) is 17.0 Å². The first-order valence-electron chi connectivity index (χ1n) is 6.78. The SMILES string of the molecule is CNCc1cc(Cl)cc(S(=O)(=O)NC(C)CN(C)C)c1C. The summed E-state index contributed by atoms with van der Waals surface area (Å²) in [5, 5.41) is 3.44. The number of likely N-dealkylation sites (N-methyl/N-ethyl adjacent to an activating group) is 1. The van der Waals surface area contributed by atoms with E-state index in [-0.39, 0.29) is 10.9 Å². The van der Waals surface area contributed by atoms with E-state index in [9.17, 15) is 8.42 Å². The van der Waals surface area contributed by atoms with E-state index < -0.39 is 10.0 Å². The molecular weight excluding hydrogens is 310 g/mol. The van der Waals surface area contributed by atoms with E-state index in [1.807, 2.05) is 33.0 Å². The van der Waals surface area contributed by atoms with Gasteiger partial charge in [-0.05, 0) is 58.3 Å². The van der Waals surface area contributed by atoms with E-state index in [1.165, 1.54) is 6.07 Å². The van der Waals surface area contributed by atoms with Crippen LogP contribution in [0.4, 0.5) is 0 Å². The molecule has 1 unspecified atom stereocenters. The zero-order valence-electron chi connectivity index (χ0n) is 13.2. The van der Waals surface area contributed by atoms with Gasteiger partial charge in [-0.25, -0.2) is 13.1 Å². The highest BCUT2D eigenvalue weighted by molar-refractivity contribution is 7.89. The third kappa shape index (κ3) is 5.23. The number of hydrogen-bond donors (Lipinski definition) is 2. The molecule has 0 saturated heterocycles. The van der Waals surface area contributed by atoms with Crippen molar-refractivity contribution in [2.75, 3.05) is 27.7 Å². The molecule has 0 aliphatic heterocycles. The molecule has 5 nitrogen and oxygen atoms in total. The Labute approximate surface area is 132 Å². The summed E-state index contributed by atoms with van der Waals surface area (Å²) in [7, 11) is 2.03.